The number of piperidine rings is 1. The molecule has 1 aliphatic heterocycles. The summed E-state index contributed by atoms with van der Waals surface area (Å²) >= 11 is 0. The molecule has 0 unspecified atom stereocenters. The highest BCUT2D eigenvalue weighted by molar-refractivity contribution is 5.94. The Balaban J connectivity index is 2.17. The minimum atomic E-state index is -0.510. The fourth-order valence-electron chi connectivity index (χ4n) is 2.82. The molecule has 3 rings (SSSR count). The van der Waals surface area contributed by atoms with E-state index in [1.807, 2.05) is 6.20 Å². The predicted molar refractivity (Wildman–Crippen MR) is 68.9 cm³/mol. The van der Waals surface area contributed by atoms with Crippen LogP contribution in [0.15, 0.2) is 18.3 Å². The number of hydrogen-bond donors (Lipinski definition) is 0. The molecule has 18 heavy (non-hydrogen) atoms. The maximum atomic E-state index is 13.8. The maximum absolute atomic E-state index is 13.8. The smallest absolute Gasteiger partial charge is 0.150 e. The van der Waals surface area contributed by atoms with Crippen LogP contribution in [-0.4, -0.2) is 17.7 Å². The van der Waals surface area contributed by atoms with E-state index in [-0.39, 0.29) is 0 Å². The van der Waals surface area contributed by atoms with Crippen LogP contribution in [0.25, 0.3) is 10.9 Å². The zero-order chi connectivity index (χ0) is 12.7. The van der Waals surface area contributed by atoms with E-state index in [2.05, 4.69) is 4.90 Å². The Bertz CT molecular complexity index is 583. The first-order valence-electron chi connectivity index (χ1n) is 6.36. The summed E-state index contributed by atoms with van der Waals surface area (Å²) in [7, 11) is 1.80. The van der Waals surface area contributed by atoms with Gasteiger partial charge in [0, 0.05) is 37.8 Å². The van der Waals surface area contributed by atoms with E-state index in [0.717, 1.165) is 37.7 Å². The highest BCUT2D eigenvalue weighted by atomic mass is 19.1. The first kappa shape index (κ1) is 11.5. The minimum Gasteiger partial charge on any atom is -0.370 e. The van der Waals surface area contributed by atoms with Crippen LogP contribution >= 0.6 is 0 Å². The Morgan fingerprint density at radius 3 is 2.50 bits per heavy atom. The standard InChI is InChI=1S/C14H16F2N2/c1-17-9-13(18-5-3-2-4-6-18)11-7-10(15)8-12(16)14(11)17/h7-9H,2-6H2,1H3. The summed E-state index contributed by atoms with van der Waals surface area (Å²) in [6, 6.07) is 2.38. The van der Waals surface area contributed by atoms with Gasteiger partial charge in [0.15, 0.2) is 0 Å². The molecule has 0 saturated carbocycles. The van der Waals surface area contributed by atoms with Crippen molar-refractivity contribution in [1.82, 2.24) is 4.57 Å². The number of halogens is 2. The van der Waals surface area contributed by atoms with Crippen LogP contribution < -0.4 is 4.90 Å². The average Bonchev–Trinajstić information content (AvgIpc) is 2.67. The quantitative estimate of drug-likeness (QED) is 0.752. The van der Waals surface area contributed by atoms with Gasteiger partial charge in [-0.25, -0.2) is 8.78 Å². The van der Waals surface area contributed by atoms with E-state index in [9.17, 15) is 8.78 Å². The van der Waals surface area contributed by atoms with Crippen molar-refractivity contribution in [3.63, 3.8) is 0 Å². The van der Waals surface area contributed by atoms with E-state index in [1.165, 1.54) is 12.5 Å². The summed E-state index contributed by atoms with van der Waals surface area (Å²) in [5.41, 5.74) is 1.43. The maximum Gasteiger partial charge on any atom is 0.150 e. The summed E-state index contributed by atoms with van der Waals surface area (Å²) in [5.74, 6) is -1.000. The minimum absolute atomic E-state index is 0.483. The lowest BCUT2D eigenvalue weighted by atomic mass is 10.1. The molecule has 1 fully saturated rings. The Hall–Kier alpha value is -1.58. The molecule has 0 atom stereocenters. The fraction of sp³-hybridized carbons (Fsp3) is 0.429. The third-order valence-electron chi connectivity index (χ3n) is 3.67. The first-order valence-corrected chi connectivity index (χ1v) is 6.36. The zero-order valence-corrected chi connectivity index (χ0v) is 10.4. The lowest BCUT2D eigenvalue weighted by molar-refractivity contribution is 0.578. The van der Waals surface area contributed by atoms with E-state index in [1.54, 1.807) is 11.6 Å². The molecular weight excluding hydrogens is 234 g/mol. The number of anilines is 1. The van der Waals surface area contributed by atoms with Crippen molar-refractivity contribution >= 4 is 16.6 Å². The van der Waals surface area contributed by atoms with Crippen molar-refractivity contribution in [3.8, 4) is 0 Å². The topological polar surface area (TPSA) is 8.17 Å². The second-order valence-electron chi connectivity index (χ2n) is 4.96. The number of hydrogen-bond acceptors (Lipinski definition) is 1. The molecule has 0 spiro atoms. The van der Waals surface area contributed by atoms with Gasteiger partial charge in [0.2, 0.25) is 0 Å². The summed E-state index contributed by atoms with van der Waals surface area (Å²) < 4.78 is 28.9. The molecule has 1 saturated heterocycles. The van der Waals surface area contributed by atoms with Crippen molar-refractivity contribution in [3.05, 3.63) is 30.0 Å². The van der Waals surface area contributed by atoms with Gasteiger partial charge in [-0.1, -0.05) is 0 Å². The Morgan fingerprint density at radius 1 is 1.06 bits per heavy atom. The number of aromatic nitrogens is 1. The lowest BCUT2D eigenvalue weighted by Crippen LogP contribution is -2.29. The van der Waals surface area contributed by atoms with Gasteiger partial charge >= 0.3 is 0 Å². The van der Waals surface area contributed by atoms with Crippen LogP contribution in [0.3, 0.4) is 0 Å². The van der Waals surface area contributed by atoms with Gasteiger partial charge in [-0.3, -0.25) is 0 Å². The first-order chi connectivity index (χ1) is 8.66. The second-order valence-corrected chi connectivity index (χ2v) is 4.96. The molecule has 1 aliphatic rings. The van der Waals surface area contributed by atoms with E-state index >= 15 is 0 Å². The van der Waals surface area contributed by atoms with Crippen LogP contribution in [0.4, 0.5) is 14.5 Å². The van der Waals surface area contributed by atoms with E-state index < -0.39 is 11.6 Å². The number of rotatable bonds is 1. The van der Waals surface area contributed by atoms with Crippen LogP contribution in [0, 0.1) is 11.6 Å². The fourth-order valence-corrected chi connectivity index (χ4v) is 2.82. The predicted octanol–water partition coefficient (Wildman–Crippen LogP) is 3.45. The number of benzene rings is 1. The number of nitrogens with zero attached hydrogens (tertiary/aromatic N) is 2. The van der Waals surface area contributed by atoms with Crippen LogP contribution in [0.5, 0.6) is 0 Å². The largest absolute Gasteiger partial charge is 0.370 e. The second kappa shape index (κ2) is 4.26. The van der Waals surface area contributed by atoms with Crippen molar-refractivity contribution in [2.45, 2.75) is 19.3 Å². The zero-order valence-electron chi connectivity index (χ0n) is 10.4. The normalized spacial score (nSPS) is 16.5. The van der Waals surface area contributed by atoms with Gasteiger partial charge in [0.1, 0.15) is 11.6 Å². The van der Waals surface area contributed by atoms with E-state index in [0.29, 0.717) is 10.9 Å². The highest BCUT2D eigenvalue weighted by Gasteiger charge is 2.18. The molecule has 4 heteroatoms. The van der Waals surface area contributed by atoms with Gasteiger partial charge in [0.05, 0.1) is 11.2 Å². The molecule has 0 aliphatic carbocycles. The summed E-state index contributed by atoms with van der Waals surface area (Å²) in [6.45, 7) is 1.94. The van der Waals surface area contributed by atoms with Gasteiger partial charge in [0.25, 0.3) is 0 Å². The third kappa shape index (κ3) is 1.76. The Kier molecular flexibility index (Phi) is 2.73. The molecule has 0 bridgehead atoms. The van der Waals surface area contributed by atoms with Crippen LogP contribution in [0.1, 0.15) is 19.3 Å². The lowest BCUT2D eigenvalue weighted by Gasteiger charge is -2.28. The molecule has 2 aromatic rings. The molecular formula is C14H16F2N2. The van der Waals surface area contributed by atoms with Crippen molar-refractivity contribution < 1.29 is 8.78 Å². The molecule has 2 heterocycles. The number of aryl methyl sites for hydroxylation is 1. The van der Waals surface area contributed by atoms with Crippen LogP contribution in [-0.2, 0) is 7.05 Å². The average molecular weight is 250 g/mol. The van der Waals surface area contributed by atoms with Crippen molar-refractivity contribution in [1.29, 1.82) is 0 Å². The van der Waals surface area contributed by atoms with E-state index in [4.69, 9.17) is 0 Å². The molecule has 96 valence electrons. The molecule has 0 amide bonds. The summed E-state index contributed by atoms with van der Waals surface area (Å²) in [4.78, 5) is 2.23. The summed E-state index contributed by atoms with van der Waals surface area (Å²) in [5, 5.41) is 0.678. The van der Waals surface area contributed by atoms with Gasteiger partial charge in [-0.05, 0) is 25.3 Å². The summed E-state index contributed by atoms with van der Waals surface area (Å²) in [6.07, 6.45) is 5.44. The van der Waals surface area contributed by atoms with Gasteiger partial charge in [-0.15, -0.1) is 0 Å². The molecule has 1 aromatic heterocycles. The van der Waals surface area contributed by atoms with Crippen molar-refractivity contribution in [2.75, 3.05) is 18.0 Å². The highest BCUT2D eigenvalue weighted by Crippen LogP contribution is 2.32. The molecule has 2 nitrogen and oxygen atoms in total. The Labute approximate surface area is 105 Å². The van der Waals surface area contributed by atoms with Crippen LogP contribution in [0.2, 0.25) is 0 Å². The van der Waals surface area contributed by atoms with Crippen molar-refractivity contribution in [2.24, 2.45) is 7.05 Å². The molecule has 1 aromatic carbocycles. The molecule has 0 N–H and O–H groups in total. The Morgan fingerprint density at radius 2 is 1.78 bits per heavy atom. The monoisotopic (exact) mass is 250 g/mol. The number of fused-ring (bicyclic) bond motifs is 1. The molecule has 0 radical (unpaired) electrons. The van der Waals surface area contributed by atoms with Gasteiger partial charge < -0.3 is 9.47 Å². The third-order valence-corrected chi connectivity index (χ3v) is 3.67. The SMILES string of the molecule is Cn1cc(N2CCCCC2)c2cc(F)cc(F)c21. The van der Waals surface area contributed by atoms with Gasteiger partial charge in [-0.2, -0.15) is 0 Å².